The molecule has 110 heavy (non-hydrogen) atoms. The number of unbranched alkanes of at least 4 members (excludes halogenated alkanes) is 1. The van der Waals surface area contributed by atoms with Crippen LogP contribution in [-0.4, -0.2) is 178 Å². The summed E-state index contributed by atoms with van der Waals surface area (Å²) in [5.74, 6) is -10.2. The van der Waals surface area contributed by atoms with Gasteiger partial charge in [0, 0.05) is 94.3 Å². The van der Waals surface area contributed by atoms with Crippen molar-refractivity contribution >= 4 is 111 Å². The zero-order valence-electron chi connectivity index (χ0n) is 62.8. The Morgan fingerprint density at radius 3 is 1.42 bits per heavy atom. The first-order chi connectivity index (χ1) is 52.4. The van der Waals surface area contributed by atoms with Crippen molar-refractivity contribution in [3.63, 3.8) is 0 Å². The average molecular weight is 1530 g/mol. The average Bonchev–Trinajstić information content (AvgIpc) is 1.77. The van der Waals surface area contributed by atoms with E-state index in [4.69, 9.17) is 23.1 Å². The summed E-state index contributed by atoms with van der Waals surface area (Å²) in [4.78, 5) is 187. The van der Waals surface area contributed by atoms with E-state index < -0.39 is 132 Å². The van der Waals surface area contributed by atoms with Gasteiger partial charge in [0.1, 0.15) is 54.4 Å². The highest BCUT2D eigenvalue weighted by Gasteiger charge is 2.41. The number of anilines is 2. The van der Waals surface area contributed by atoms with Gasteiger partial charge in [0.05, 0.1) is 6.61 Å². The zero-order chi connectivity index (χ0) is 80.1. The molecule has 17 N–H and O–H groups in total. The Balaban J connectivity index is 1.18. The molecule has 0 bridgehead atoms. The molecule has 1 aromatic heterocycles. The first kappa shape index (κ1) is 86.0. The van der Waals surface area contributed by atoms with Gasteiger partial charge in [-0.1, -0.05) is 124 Å². The number of amides is 13. The first-order valence-electron chi connectivity index (χ1n) is 36.7. The van der Waals surface area contributed by atoms with Crippen molar-refractivity contribution in [1.29, 1.82) is 0 Å². The predicted molar refractivity (Wildman–Crippen MR) is 414 cm³/mol. The molecule has 6 aromatic rings. The van der Waals surface area contributed by atoms with Crippen LogP contribution in [0.1, 0.15) is 115 Å². The Labute approximate surface area is 644 Å². The summed E-state index contributed by atoms with van der Waals surface area (Å²) >= 11 is 6.26. The van der Waals surface area contributed by atoms with Crippen molar-refractivity contribution in [2.45, 2.75) is 186 Å². The molecule has 0 unspecified atom stereocenters. The van der Waals surface area contributed by atoms with E-state index in [9.17, 15) is 57.8 Å². The smallest absolute Gasteiger partial charge is 0.254 e. The number of pyridine rings is 1. The number of carbonyl (C=O) groups excluding carboxylic acids is 13. The lowest BCUT2D eigenvalue weighted by atomic mass is 9.99. The number of nitrogens with one attached hydrogen (secondary N) is 12. The summed E-state index contributed by atoms with van der Waals surface area (Å²) in [6, 6.07) is 22.7. The first-order valence-corrected chi connectivity index (χ1v) is 37.0. The number of likely N-dealkylation sites (tertiary alicyclic amines) is 1. The number of nitrogens with zero attached hydrogens (tertiary/aromatic N) is 2. The second kappa shape index (κ2) is 42.5. The van der Waals surface area contributed by atoms with Crippen molar-refractivity contribution in [3.8, 4) is 0 Å². The molecule has 0 saturated carbocycles. The van der Waals surface area contributed by atoms with Crippen LogP contribution in [0, 0.1) is 5.92 Å². The van der Waals surface area contributed by atoms with Crippen molar-refractivity contribution in [3.05, 3.63) is 173 Å². The van der Waals surface area contributed by atoms with Gasteiger partial charge in [-0.3, -0.25) is 67.3 Å². The molecule has 1 aliphatic rings. The van der Waals surface area contributed by atoms with Gasteiger partial charge >= 0.3 is 0 Å². The molecular weight excluding hydrogens is 1430 g/mol. The van der Waals surface area contributed by atoms with Crippen LogP contribution in [0.15, 0.2) is 140 Å². The van der Waals surface area contributed by atoms with Crippen LogP contribution < -0.4 is 75.3 Å². The van der Waals surface area contributed by atoms with Gasteiger partial charge < -0.3 is 85.3 Å². The molecule has 0 aliphatic carbocycles. The van der Waals surface area contributed by atoms with Gasteiger partial charge in [-0.25, -0.2) is 0 Å². The lowest BCUT2D eigenvalue weighted by molar-refractivity contribution is -0.142. The minimum Gasteiger partial charge on any atom is -0.394 e. The van der Waals surface area contributed by atoms with Crippen molar-refractivity contribution in [1.82, 2.24) is 63.1 Å². The summed E-state index contributed by atoms with van der Waals surface area (Å²) < 4.78 is 0. The van der Waals surface area contributed by atoms with Gasteiger partial charge in [0.15, 0.2) is 6.17 Å². The van der Waals surface area contributed by atoms with Crippen LogP contribution >= 0.6 is 11.6 Å². The van der Waals surface area contributed by atoms with Crippen LogP contribution in [-0.2, 0) is 94.4 Å². The van der Waals surface area contributed by atoms with E-state index in [2.05, 4.69) is 68.8 Å². The molecule has 30 nitrogen and oxygen atoms in total. The number of carbonyl (C=O) groups is 13. The van der Waals surface area contributed by atoms with Crippen molar-refractivity contribution < 1.29 is 67.4 Å². The number of primary amides is 1. The molecule has 0 radical (unpaired) electrons. The molecule has 588 valence electrons. The summed E-state index contributed by atoms with van der Waals surface area (Å²) in [6.45, 7) is 11.1. The third-order valence-corrected chi connectivity index (χ3v) is 18.4. The Hall–Kier alpha value is -11.2. The van der Waals surface area contributed by atoms with Gasteiger partial charge in [-0.2, -0.15) is 0 Å². The molecule has 1 saturated heterocycles. The number of aliphatic hydroxyl groups is 1. The number of benzene rings is 5. The van der Waals surface area contributed by atoms with E-state index in [1.807, 2.05) is 56.3 Å². The fourth-order valence-corrected chi connectivity index (χ4v) is 12.7. The van der Waals surface area contributed by atoms with Gasteiger partial charge in [-0.05, 0) is 132 Å². The lowest BCUT2D eigenvalue weighted by Crippen LogP contribution is -2.62. The molecular formula is C79H101ClN16O14. The summed E-state index contributed by atoms with van der Waals surface area (Å²) in [7, 11) is 0. The van der Waals surface area contributed by atoms with Crippen LogP contribution in [0.5, 0.6) is 0 Å². The Bertz CT molecular complexity index is 4190. The van der Waals surface area contributed by atoms with Crippen LogP contribution in [0.3, 0.4) is 0 Å². The molecule has 1 fully saturated rings. The van der Waals surface area contributed by atoms with E-state index in [-0.39, 0.29) is 81.7 Å². The van der Waals surface area contributed by atoms with Gasteiger partial charge in [0.25, 0.3) is 5.91 Å². The monoisotopic (exact) mass is 1530 g/mol. The Morgan fingerprint density at radius 1 is 0.500 bits per heavy atom. The quantitative estimate of drug-likeness (QED) is 0.0194. The standard InChI is InChI=1S/C79H101ClN16O14/c1-45(2)36-61(71(102)88-60(17-10-11-34-84-46(3)4)79(110)96-35-13-18-68(96)78(109)95-69(81)70(82)101)89-73(104)64(39-51-22-29-58(30-23-51)85-47(5)98)91-75(106)65(40-52-24-31-59(32-25-52)86-48(6)99)93-77(108)67(44-97)94-76(107)66(42-54-14-12-33-83-43-54)92-74(105)63(38-50-20-27-57(80)28-21-50)90-72(103)62(87-49(7)100)41-53-19-26-55-15-8-9-16-56(55)37-53/h8-9,12,14-16,19-33,37,43,45-46,60-69,84,97H,10-11,13,17-18,34-36,38-42,44,81H2,1-7H3,(H2,82,101)(H,85,98)(H,86,99)(H,87,100)(H,88,102)(H,89,104)(H,90,103)(H,91,106)(H,92,105)(H,93,108)(H,94,107)(H,95,109)/t60-,61-,62+,63+,64+,65-,66+,67-,68+,69-/m0/s1. The largest absolute Gasteiger partial charge is 0.394 e. The third-order valence-electron chi connectivity index (χ3n) is 18.1. The molecule has 2 heterocycles. The summed E-state index contributed by atoms with van der Waals surface area (Å²) in [5.41, 5.74) is 14.4. The topological polar surface area (TPSA) is 455 Å². The Morgan fingerprint density at radius 2 is 0.945 bits per heavy atom. The maximum atomic E-state index is 15.3. The van der Waals surface area contributed by atoms with Crippen molar-refractivity contribution in [2.75, 3.05) is 30.3 Å². The van der Waals surface area contributed by atoms with E-state index >= 15 is 9.59 Å². The van der Waals surface area contributed by atoms with Gasteiger partial charge in [-0.15, -0.1) is 0 Å². The van der Waals surface area contributed by atoms with Crippen LogP contribution in [0.2, 0.25) is 5.02 Å². The van der Waals surface area contributed by atoms with Gasteiger partial charge in [0.2, 0.25) is 70.9 Å². The van der Waals surface area contributed by atoms with Crippen LogP contribution in [0.25, 0.3) is 10.8 Å². The number of aliphatic hydroxyl groups excluding tert-OH is 1. The maximum absolute atomic E-state index is 15.3. The summed E-state index contributed by atoms with van der Waals surface area (Å²) in [5, 5.41) is 46.2. The molecule has 5 aromatic carbocycles. The zero-order valence-corrected chi connectivity index (χ0v) is 63.5. The number of hydrogen-bond acceptors (Lipinski definition) is 17. The molecule has 0 spiro atoms. The van der Waals surface area contributed by atoms with E-state index in [1.165, 1.54) is 38.1 Å². The van der Waals surface area contributed by atoms with E-state index in [1.54, 1.807) is 98.8 Å². The molecule has 1 aliphatic heterocycles. The van der Waals surface area contributed by atoms with Crippen LogP contribution in [0.4, 0.5) is 11.4 Å². The fraction of sp³-hybridized carbons (Fsp3) is 0.418. The normalized spacial score (nSPS) is 15.0. The number of aromatic nitrogens is 1. The number of halogens is 1. The maximum Gasteiger partial charge on any atom is 0.254 e. The Kier molecular flexibility index (Phi) is 33.3. The molecule has 31 heteroatoms. The number of fused-ring (bicyclic) bond motifs is 1. The second-order valence-corrected chi connectivity index (χ2v) is 28.6. The molecule has 10 atom stereocenters. The number of hydrogen-bond donors (Lipinski definition) is 15. The molecule has 7 rings (SSSR count). The number of rotatable bonds is 40. The molecule has 13 amide bonds. The highest BCUT2D eigenvalue weighted by atomic mass is 35.5. The lowest BCUT2D eigenvalue weighted by Gasteiger charge is -2.31. The summed E-state index contributed by atoms with van der Waals surface area (Å²) in [6.07, 6.45) is 2.20. The fourth-order valence-electron chi connectivity index (χ4n) is 12.6. The number of nitrogens with two attached hydrogens (primary N) is 2. The highest BCUT2D eigenvalue weighted by Crippen LogP contribution is 2.23. The minimum absolute atomic E-state index is 0.00502. The third kappa shape index (κ3) is 27.8. The van der Waals surface area contributed by atoms with Crippen molar-refractivity contribution in [2.24, 2.45) is 17.4 Å². The highest BCUT2D eigenvalue weighted by molar-refractivity contribution is 6.30. The van der Waals surface area contributed by atoms with E-state index in [0.717, 1.165) is 10.8 Å². The minimum atomic E-state index is -1.86. The predicted octanol–water partition coefficient (Wildman–Crippen LogP) is 2.30. The SMILES string of the molecule is CC(=O)Nc1ccc(C[C@H](NC(=O)[C@H](CO)NC(=O)[C@@H](Cc2cccnc2)NC(=O)[C@@H](Cc2ccc(Cl)cc2)NC(=O)[C@@H](Cc2ccc3ccccc3c2)NC(C)=O)C(=O)N[C@H](Cc2ccc(NC(C)=O)cc2)C(=O)N[C@@H](CC(C)C)C(=O)N[C@@H](CCCCNC(C)C)C(=O)N2CCC[C@@H]2C(=O)N[C@H](N)C(N)=O)cc1. The second-order valence-electron chi connectivity index (χ2n) is 28.1. The van der Waals surface area contributed by atoms with E-state index in [0.29, 0.717) is 70.0 Å².